The number of amides is 1. The Labute approximate surface area is 126 Å². The third kappa shape index (κ3) is 8.23. The first kappa shape index (κ1) is 19.3. The van der Waals surface area contributed by atoms with Gasteiger partial charge in [0.15, 0.2) is 0 Å². The Morgan fingerprint density at radius 2 is 2.10 bits per heavy atom. The van der Waals surface area contributed by atoms with Crippen LogP contribution in [0.2, 0.25) is 0 Å². The molecule has 0 spiro atoms. The van der Waals surface area contributed by atoms with E-state index in [0.717, 1.165) is 0 Å². The molecule has 0 fully saturated rings. The van der Waals surface area contributed by atoms with Gasteiger partial charge in [0.1, 0.15) is 12.1 Å². The predicted octanol–water partition coefficient (Wildman–Crippen LogP) is -0.0262. The Bertz CT molecular complexity index is 423. The van der Waals surface area contributed by atoms with Crippen LogP contribution in [0.25, 0.3) is 5.53 Å². The molecule has 1 amide bonds. The summed E-state index contributed by atoms with van der Waals surface area (Å²) in [5, 5.41) is 11.4. The molecule has 0 aliphatic rings. The number of carboxylic acids is 1. The van der Waals surface area contributed by atoms with E-state index in [1.807, 2.05) is 6.26 Å². The Balaban J connectivity index is 4.54. The lowest BCUT2D eigenvalue weighted by Crippen LogP contribution is -2.46. The van der Waals surface area contributed by atoms with E-state index < -0.39 is 29.8 Å². The van der Waals surface area contributed by atoms with Gasteiger partial charge in [-0.3, -0.25) is 9.59 Å². The van der Waals surface area contributed by atoms with Gasteiger partial charge in [-0.05, 0) is 24.9 Å². The average molecular weight is 317 g/mol. The summed E-state index contributed by atoms with van der Waals surface area (Å²) in [7, 11) is 1.38. The van der Waals surface area contributed by atoms with E-state index in [4.69, 9.17) is 15.4 Å². The van der Waals surface area contributed by atoms with Crippen LogP contribution in [0, 0.1) is 0 Å². The molecule has 118 valence electrons. The lowest BCUT2D eigenvalue weighted by Gasteiger charge is -2.18. The zero-order chi connectivity index (χ0) is 16.3. The number of thioether (sulfide) groups is 1. The molecule has 0 saturated carbocycles. The van der Waals surface area contributed by atoms with E-state index in [1.165, 1.54) is 7.11 Å². The fourth-order valence-electron chi connectivity index (χ4n) is 1.52. The third-order valence-electron chi connectivity index (χ3n) is 2.66. The number of hydrogen-bond acceptors (Lipinski definition) is 5. The number of nitrogens with zero attached hydrogens (tertiary/aromatic N) is 2. The molecule has 0 aromatic heterocycles. The largest absolute Gasteiger partial charge is 0.480 e. The highest BCUT2D eigenvalue weighted by atomic mass is 32.2. The molecule has 2 N–H and O–H groups in total. The summed E-state index contributed by atoms with van der Waals surface area (Å²) >= 11 is 1.55. The maximum Gasteiger partial charge on any atom is 0.326 e. The zero-order valence-corrected chi connectivity index (χ0v) is 12.8. The van der Waals surface area contributed by atoms with Crippen LogP contribution in [0.1, 0.15) is 19.3 Å². The lowest BCUT2D eigenvalue weighted by molar-refractivity contribution is -0.144. The fourth-order valence-corrected chi connectivity index (χ4v) is 1.97. The monoisotopic (exact) mass is 317 g/mol. The molecule has 0 aliphatic heterocycles. The van der Waals surface area contributed by atoms with Gasteiger partial charge in [-0.15, -0.1) is 0 Å². The van der Waals surface area contributed by atoms with Crippen LogP contribution in [0.4, 0.5) is 0 Å². The van der Waals surface area contributed by atoms with Gasteiger partial charge in [0.05, 0.1) is 0 Å². The molecule has 0 bridgehead atoms. The zero-order valence-electron chi connectivity index (χ0n) is 11.9. The summed E-state index contributed by atoms with van der Waals surface area (Å²) in [4.78, 5) is 36.7. The van der Waals surface area contributed by atoms with Crippen molar-refractivity contribution in [2.75, 3.05) is 19.1 Å². The third-order valence-corrected chi connectivity index (χ3v) is 3.30. The Morgan fingerprint density at radius 1 is 1.43 bits per heavy atom. The molecule has 2 atom stereocenters. The SMILES string of the molecule is CO[C@@H](CCSC)C(=O)N[C@@H](CCC(=O)C=[N+]=[N-])C(=O)O. The number of Topliss-reactive ketones (excluding diaryl/α,β-unsaturated/α-hetero) is 1. The summed E-state index contributed by atoms with van der Waals surface area (Å²) < 4.78 is 5.02. The van der Waals surface area contributed by atoms with Crippen molar-refractivity contribution in [2.24, 2.45) is 0 Å². The number of carboxylic acid groups (broad SMARTS) is 1. The molecule has 0 aromatic rings. The van der Waals surface area contributed by atoms with Gasteiger partial charge in [0, 0.05) is 13.5 Å². The van der Waals surface area contributed by atoms with E-state index in [0.29, 0.717) is 18.4 Å². The van der Waals surface area contributed by atoms with Crippen LogP contribution in [0.5, 0.6) is 0 Å². The summed E-state index contributed by atoms with van der Waals surface area (Å²) in [5.74, 6) is -1.59. The van der Waals surface area contributed by atoms with Gasteiger partial charge in [0.25, 0.3) is 0 Å². The van der Waals surface area contributed by atoms with E-state index >= 15 is 0 Å². The molecular weight excluding hydrogens is 298 g/mol. The Hall–Kier alpha value is -1.70. The summed E-state index contributed by atoms with van der Waals surface area (Å²) in [6.45, 7) is 0. The molecule has 0 heterocycles. The van der Waals surface area contributed by atoms with Gasteiger partial charge < -0.3 is 20.7 Å². The lowest BCUT2D eigenvalue weighted by atomic mass is 10.1. The van der Waals surface area contributed by atoms with E-state index in [9.17, 15) is 14.4 Å². The number of ether oxygens (including phenoxy) is 1. The minimum absolute atomic E-state index is 0.0924. The number of carbonyl (C=O) groups is 3. The van der Waals surface area contributed by atoms with Crippen LogP contribution < -0.4 is 5.32 Å². The molecular formula is C12H19N3O5S. The van der Waals surface area contributed by atoms with Crippen LogP contribution in [0.3, 0.4) is 0 Å². The van der Waals surface area contributed by atoms with Gasteiger partial charge in [-0.1, -0.05) is 0 Å². The second kappa shape index (κ2) is 11.0. The van der Waals surface area contributed by atoms with Crippen molar-refractivity contribution in [3.8, 4) is 0 Å². The fraction of sp³-hybridized carbons (Fsp3) is 0.667. The number of methoxy groups -OCH3 is 1. The minimum atomic E-state index is -1.24. The molecule has 0 aliphatic carbocycles. The molecule has 0 radical (unpaired) electrons. The number of nitrogens with one attached hydrogen (secondary N) is 1. The van der Waals surface area contributed by atoms with Gasteiger partial charge in [0.2, 0.25) is 11.7 Å². The standard InChI is InChI=1S/C12H19N3O5S/c1-20-10(5-6-21-2)11(17)15-9(12(18)19)4-3-8(16)7-14-13/h7,9-10H,3-6H2,1-2H3,(H,15,17)(H,18,19)/t9-,10-/m0/s1. The van der Waals surface area contributed by atoms with Crippen molar-refractivity contribution in [1.29, 1.82) is 0 Å². The first-order chi connectivity index (χ1) is 9.96. The van der Waals surface area contributed by atoms with Crippen LogP contribution in [-0.4, -0.2) is 65.0 Å². The molecule has 9 heteroatoms. The summed E-state index contributed by atoms with van der Waals surface area (Å²) in [5.41, 5.74) is 8.19. The highest BCUT2D eigenvalue weighted by molar-refractivity contribution is 7.98. The van der Waals surface area contributed by atoms with E-state index in [2.05, 4.69) is 10.1 Å². The first-order valence-electron chi connectivity index (χ1n) is 6.21. The number of ketones is 1. The van der Waals surface area contributed by atoms with Gasteiger partial charge >= 0.3 is 12.2 Å². The van der Waals surface area contributed by atoms with Crippen molar-refractivity contribution >= 4 is 35.6 Å². The van der Waals surface area contributed by atoms with Crippen molar-refractivity contribution in [3.63, 3.8) is 0 Å². The quantitative estimate of drug-likeness (QED) is 0.313. The maximum absolute atomic E-state index is 11.9. The molecule has 0 saturated heterocycles. The van der Waals surface area contributed by atoms with E-state index in [-0.39, 0.29) is 12.8 Å². The average Bonchev–Trinajstić information content (AvgIpc) is 2.44. The molecule has 8 nitrogen and oxygen atoms in total. The summed E-state index contributed by atoms with van der Waals surface area (Å²) in [6, 6.07) is -1.19. The number of carbonyl (C=O) groups excluding carboxylic acids is 2. The normalized spacial score (nSPS) is 12.9. The predicted molar refractivity (Wildman–Crippen MR) is 77.3 cm³/mol. The van der Waals surface area contributed by atoms with Crippen LogP contribution >= 0.6 is 11.8 Å². The van der Waals surface area contributed by atoms with Gasteiger partial charge in [-0.2, -0.15) is 16.6 Å². The second-order valence-electron chi connectivity index (χ2n) is 4.15. The second-order valence-corrected chi connectivity index (χ2v) is 5.14. The van der Waals surface area contributed by atoms with Crippen molar-refractivity contribution in [1.82, 2.24) is 5.32 Å². The Kier molecular flexibility index (Phi) is 10.1. The minimum Gasteiger partial charge on any atom is -0.480 e. The Morgan fingerprint density at radius 3 is 2.57 bits per heavy atom. The molecule has 0 aromatic carbocycles. The van der Waals surface area contributed by atoms with Crippen LogP contribution in [-0.2, 0) is 19.1 Å². The topological polar surface area (TPSA) is 129 Å². The summed E-state index contributed by atoms with van der Waals surface area (Å²) in [6.07, 6.45) is 2.07. The first-order valence-corrected chi connectivity index (χ1v) is 7.60. The van der Waals surface area contributed by atoms with E-state index in [1.54, 1.807) is 11.8 Å². The molecule has 21 heavy (non-hydrogen) atoms. The van der Waals surface area contributed by atoms with Crippen molar-refractivity contribution < 1.29 is 29.0 Å². The maximum atomic E-state index is 11.9. The molecule has 0 rings (SSSR count). The number of hydrogen-bond donors (Lipinski definition) is 2. The smallest absolute Gasteiger partial charge is 0.326 e. The van der Waals surface area contributed by atoms with Crippen molar-refractivity contribution in [2.45, 2.75) is 31.4 Å². The molecule has 0 unspecified atom stereocenters. The highest BCUT2D eigenvalue weighted by Gasteiger charge is 2.25. The van der Waals surface area contributed by atoms with Crippen LogP contribution in [0.15, 0.2) is 0 Å². The highest BCUT2D eigenvalue weighted by Crippen LogP contribution is 2.06. The number of aliphatic carboxylic acids is 1. The number of rotatable bonds is 11. The van der Waals surface area contributed by atoms with Gasteiger partial charge in [-0.25, -0.2) is 4.79 Å². The van der Waals surface area contributed by atoms with Crippen molar-refractivity contribution in [3.05, 3.63) is 5.53 Å².